The van der Waals surface area contributed by atoms with E-state index in [2.05, 4.69) is 0 Å². The molecular weight excluding hydrogens is 262 g/mol. The summed E-state index contributed by atoms with van der Waals surface area (Å²) in [4.78, 5) is 12.8. The van der Waals surface area contributed by atoms with Crippen molar-refractivity contribution in [3.63, 3.8) is 0 Å². The number of nitrogens with zero attached hydrogens (tertiary/aromatic N) is 1. The summed E-state index contributed by atoms with van der Waals surface area (Å²) >= 11 is 0. The Hall–Kier alpha value is -1.85. The Labute approximate surface area is 107 Å². The molecule has 2 nitrogen and oxygen atoms in total. The van der Waals surface area contributed by atoms with Crippen molar-refractivity contribution in [3.8, 4) is 0 Å². The van der Waals surface area contributed by atoms with Gasteiger partial charge in [0.25, 0.3) is 0 Å². The van der Waals surface area contributed by atoms with Crippen LogP contribution in [-0.2, 0) is 17.5 Å². The van der Waals surface area contributed by atoms with Crippen LogP contribution in [0.5, 0.6) is 0 Å². The molecule has 0 aromatic heterocycles. The van der Waals surface area contributed by atoms with Crippen molar-refractivity contribution in [1.82, 2.24) is 4.90 Å². The van der Waals surface area contributed by atoms with E-state index < -0.39 is 17.6 Å². The lowest BCUT2D eigenvalue weighted by atomic mass is 10.1. The number of halogens is 4. The standard InChI is InChI=1S/C13H11F4NO/c14-11-5-6-12(19)18(8-11)7-9-1-3-10(4-2-9)13(15,16)17/h1-5H,6-8H2. The summed E-state index contributed by atoms with van der Waals surface area (Å²) in [7, 11) is 0. The maximum Gasteiger partial charge on any atom is 0.416 e. The van der Waals surface area contributed by atoms with Gasteiger partial charge in [-0.1, -0.05) is 12.1 Å². The van der Waals surface area contributed by atoms with Gasteiger partial charge in [0, 0.05) is 13.0 Å². The van der Waals surface area contributed by atoms with Gasteiger partial charge < -0.3 is 4.90 Å². The lowest BCUT2D eigenvalue weighted by Gasteiger charge is -2.24. The fourth-order valence-corrected chi connectivity index (χ4v) is 1.83. The van der Waals surface area contributed by atoms with Crippen molar-refractivity contribution in [2.45, 2.75) is 19.1 Å². The van der Waals surface area contributed by atoms with Gasteiger partial charge in [0.05, 0.1) is 12.1 Å². The zero-order valence-electron chi connectivity index (χ0n) is 9.88. The first-order chi connectivity index (χ1) is 8.86. The summed E-state index contributed by atoms with van der Waals surface area (Å²) in [5, 5.41) is 0. The number of amides is 1. The van der Waals surface area contributed by atoms with Gasteiger partial charge in [0.15, 0.2) is 0 Å². The molecule has 0 bridgehead atoms. The molecule has 0 unspecified atom stereocenters. The third-order valence-corrected chi connectivity index (χ3v) is 2.85. The molecule has 2 rings (SSSR count). The second kappa shape index (κ2) is 5.03. The zero-order chi connectivity index (χ0) is 14.0. The Balaban J connectivity index is 2.08. The molecule has 1 aliphatic rings. The van der Waals surface area contributed by atoms with E-state index in [4.69, 9.17) is 0 Å². The van der Waals surface area contributed by atoms with E-state index in [1.54, 1.807) is 0 Å². The van der Waals surface area contributed by atoms with Crippen molar-refractivity contribution in [2.75, 3.05) is 6.54 Å². The monoisotopic (exact) mass is 273 g/mol. The Morgan fingerprint density at radius 1 is 1.16 bits per heavy atom. The maximum absolute atomic E-state index is 13.0. The molecule has 1 aliphatic heterocycles. The van der Waals surface area contributed by atoms with E-state index in [0.717, 1.165) is 12.1 Å². The summed E-state index contributed by atoms with van der Waals surface area (Å²) in [6.07, 6.45) is -3.17. The average Bonchev–Trinajstić information content (AvgIpc) is 2.33. The Kier molecular flexibility index (Phi) is 3.59. The van der Waals surface area contributed by atoms with Gasteiger partial charge in [0.2, 0.25) is 5.91 Å². The number of hydrogen-bond acceptors (Lipinski definition) is 1. The molecule has 0 fully saturated rings. The Morgan fingerprint density at radius 3 is 2.37 bits per heavy atom. The summed E-state index contributed by atoms with van der Waals surface area (Å²) in [6, 6.07) is 4.50. The van der Waals surface area contributed by atoms with Crippen molar-refractivity contribution in [3.05, 3.63) is 47.3 Å². The van der Waals surface area contributed by atoms with Gasteiger partial charge >= 0.3 is 6.18 Å². The maximum atomic E-state index is 13.0. The molecule has 1 aromatic rings. The highest BCUT2D eigenvalue weighted by atomic mass is 19.4. The average molecular weight is 273 g/mol. The SMILES string of the molecule is O=C1CC=C(F)CN1Cc1ccc(C(F)(F)F)cc1. The molecule has 102 valence electrons. The van der Waals surface area contributed by atoms with Crippen molar-refractivity contribution >= 4 is 5.91 Å². The number of carbonyl (C=O) groups is 1. The second-order valence-corrected chi connectivity index (χ2v) is 4.30. The van der Waals surface area contributed by atoms with Crippen LogP contribution in [0.2, 0.25) is 0 Å². The minimum absolute atomic E-state index is 0.00747. The summed E-state index contributed by atoms with van der Waals surface area (Å²) < 4.78 is 50.2. The zero-order valence-corrected chi connectivity index (χ0v) is 9.88. The molecule has 0 radical (unpaired) electrons. The molecule has 0 saturated carbocycles. The van der Waals surface area contributed by atoms with Gasteiger partial charge in [-0.25, -0.2) is 4.39 Å². The molecule has 0 N–H and O–H groups in total. The van der Waals surface area contributed by atoms with Crippen LogP contribution in [0.4, 0.5) is 17.6 Å². The van der Waals surface area contributed by atoms with Crippen LogP contribution in [0, 0.1) is 0 Å². The van der Waals surface area contributed by atoms with E-state index in [1.165, 1.54) is 23.1 Å². The molecular formula is C13H11F4NO. The number of benzene rings is 1. The molecule has 1 aromatic carbocycles. The van der Waals surface area contributed by atoms with Crippen LogP contribution in [0.1, 0.15) is 17.5 Å². The van der Waals surface area contributed by atoms with Crippen LogP contribution >= 0.6 is 0 Å². The van der Waals surface area contributed by atoms with E-state index in [-0.39, 0.29) is 25.4 Å². The molecule has 0 atom stereocenters. The Morgan fingerprint density at radius 2 is 1.79 bits per heavy atom. The number of alkyl halides is 3. The van der Waals surface area contributed by atoms with Crippen LogP contribution in [-0.4, -0.2) is 17.4 Å². The lowest BCUT2D eigenvalue weighted by Crippen LogP contribution is -2.33. The molecule has 1 amide bonds. The summed E-state index contributed by atoms with van der Waals surface area (Å²) in [5.41, 5.74) is -0.205. The van der Waals surface area contributed by atoms with Crippen LogP contribution < -0.4 is 0 Å². The van der Waals surface area contributed by atoms with Crippen LogP contribution in [0.3, 0.4) is 0 Å². The smallest absolute Gasteiger partial charge is 0.331 e. The quantitative estimate of drug-likeness (QED) is 0.757. The van der Waals surface area contributed by atoms with Crippen LogP contribution in [0.15, 0.2) is 36.2 Å². The first kappa shape index (κ1) is 13.6. The molecule has 1 heterocycles. The number of rotatable bonds is 2. The van der Waals surface area contributed by atoms with E-state index in [9.17, 15) is 22.4 Å². The minimum atomic E-state index is -4.38. The normalized spacial score (nSPS) is 16.5. The predicted molar refractivity (Wildman–Crippen MR) is 60.7 cm³/mol. The second-order valence-electron chi connectivity index (χ2n) is 4.30. The third-order valence-electron chi connectivity index (χ3n) is 2.85. The van der Waals surface area contributed by atoms with Gasteiger partial charge in [-0.2, -0.15) is 13.2 Å². The molecule has 19 heavy (non-hydrogen) atoms. The van der Waals surface area contributed by atoms with Gasteiger partial charge in [0.1, 0.15) is 5.83 Å². The Bertz CT molecular complexity index is 504. The van der Waals surface area contributed by atoms with E-state index >= 15 is 0 Å². The lowest BCUT2D eigenvalue weighted by molar-refractivity contribution is -0.137. The topological polar surface area (TPSA) is 20.3 Å². The highest BCUT2D eigenvalue weighted by Crippen LogP contribution is 2.29. The molecule has 0 saturated heterocycles. The largest absolute Gasteiger partial charge is 0.416 e. The predicted octanol–water partition coefficient (Wildman–Crippen LogP) is 3.29. The van der Waals surface area contributed by atoms with Gasteiger partial charge in [-0.15, -0.1) is 0 Å². The van der Waals surface area contributed by atoms with Crippen molar-refractivity contribution in [2.24, 2.45) is 0 Å². The summed E-state index contributed by atoms with van der Waals surface area (Å²) in [6.45, 7) is -0.0158. The van der Waals surface area contributed by atoms with Crippen LogP contribution in [0.25, 0.3) is 0 Å². The summed E-state index contributed by atoms with van der Waals surface area (Å²) in [5.74, 6) is -0.632. The van der Waals surface area contributed by atoms with E-state index in [1.807, 2.05) is 0 Å². The minimum Gasteiger partial charge on any atom is -0.331 e. The third kappa shape index (κ3) is 3.33. The number of carbonyl (C=O) groups excluding carboxylic acids is 1. The molecule has 6 heteroatoms. The van der Waals surface area contributed by atoms with Gasteiger partial charge in [-0.3, -0.25) is 4.79 Å². The number of hydrogen-bond donors (Lipinski definition) is 0. The molecule has 0 spiro atoms. The van der Waals surface area contributed by atoms with Gasteiger partial charge in [-0.05, 0) is 23.8 Å². The van der Waals surface area contributed by atoms with E-state index in [0.29, 0.717) is 5.56 Å². The van der Waals surface area contributed by atoms with Crippen molar-refractivity contribution < 1.29 is 22.4 Å². The first-order valence-electron chi connectivity index (χ1n) is 5.65. The molecule has 0 aliphatic carbocycles. The fraction of sp³-hybridized carbons (Fsp3) is 0.308. The van der Waals surface area contributed by atoms with Crippen molar-refractivity contribution in [1.29, 1.82) is 0 Å². The highest BCUT2D eigenvalue weighted by Gasteiger charge is 2.30. The highest BCUT2D eigenvalue weighted by molar-refractivity contribution is 5.79. The fourth-order valence-electron chi connectivity index (χ4n) is 1.83. The first-order valence-corrected chi connectivity index (χ1v) is 5.65.